The number of nitrogens with zero attached hydrogens (tertiary/aromatic N) is 3. The van der Waals surface area contributed by atoms with Crippen LogP contribution in [0, 0.1) is 13.8 Å². The Morgan fingerprint density at radius 3 is 2.82 bits per heavy atom. The Labute approximate surface area is 207 Å². The van der Waals surface area contributed by atoms with Crippen molar-refractivity contribution in [2.24, 2.45) is 0 Å². The van der Waals surface area contributed by atoms with E-state index in [0.29, 0.717) is 30.3 Å². The van der Waals surface area contributed by atoms with Crippen LogP contribution in [0.15, 0.2) is 54.9 Å². The lowest BCUT2D eigenvalue weighted by Crippen LogP contribution is -2.51. The van der Waals surface area contributed by atoms with Crippen molar-refractivity contribution in [2.75, 3.05) is 26.3 Å². The maximum Gasteiger partial charge on any atom is 0.138 e. The number of ether oxygens (including phenoxy) is 2. The van der Waals surface area contributed by atoms with E-state index in [9.17, 15) is 5.11 Å². The van der Waals surface area contributed by atoms with E-state index in [1.165, 1.54) is 11.1 Å². The minimum Gasteiger partial charge on any atom is -0.494 e. The van der Waals surface area contributed by atoms with Crippen LogP contribution in [0.25, 0.3) is 0 Å². The van der Waals surface area contributed by atoms with E-state index >= 15 is 0 Å². The summed E-state index contributed by atoms with van der Waals surface area (Å²) in [6, 6.07) is 13.9. The number of rotatable bonds is 10. The molecule has 1 fully saturated rings. The van der Waals surface area contributed by atoms with E-state index in [0.717, 1.165) is 43.8 Å². The van der Waals surface area contributed by atoms with Crippen molar-refractivity contribution in [2.45, 2.75) is 51.8 Å². The van der Waals surface area contributed by atoms with Crippen LogP contribution < -0.4 is 9.47 Å². The molecule has 0 amide bonds. The van der Waals surface area contributed by atoms with Gasteiger partial charge >= 0.3 is 0 Å². The largest absolute Gasteiger partial charge is 0.494 e. The molecule has 0 radical (unpaired) electrons. The summed E-state index contributed by atoms with van der Waals surface area (Å²) >= 11 is 6.25. The number of piperidine rings is 1. The summed E-state index contributed by atoms with van der Waals surface area (Å²) in [4.78, 5) is 2.28. The summed E-state index contributed by atoms with van der Waals surface area (Å²) in [7, 11) is 0. The third-order valence-corrected chi connectivity index (χ3v) is 6.40. The van der Waals surface area contributed by atoms with Crippen molar-refractivity contribution in [3.05, 3.63) is 76.6 Å². The van der Waals surface area contributed by atoms with Gasteiger partial charge < -0.3 is 14.6 Å². The zero-order valence-electron chi connectivity index (χ0n) is 20.0. The molecule has 1 aliphatic rings. The summed E-state index contributed by atoms with van der Waals surface area (Å²) < 4.78 is 13.9. The van der Waals surface area contributed by atoms with Crippen LogP contribution >= 0.6 is 11.6 Å². The van der Waals surface area contributed by atoms with Gasteiger partial charge in [0.1, 0.15) is 23.7 Å². The van der Waals surface area contributed by atoms with Crippen LogP contribution in [0.3, 0.4) is 0 Å². The molecular weight excluding hydrogens is 450 g/mol. The van der Waals surface area contributed by atoms with Gasteiger partial charge in [-0.25, -0.2) is 0 Å². The molecule has 0 unspecified atom stereocenters. The van der Waals surface area contributed by atoms with Gasteiger partial charge in [-0.3, -0.25) is 9.58 Å². The number of aliphatic hydroxyl groups is 1. The van der Waals surface area contributed by atoms with Gasteiger partial charge in [-0.05, 0) is 74.2 Å². The molecule has 3 aromatic rings. The number of likely N-dealkylation sites (tertiary alicyclic amines) is 1. The molecule has 1 aliphatic heterocycles. The average Bonchev–Trinajstić information content (AvgIpc) is 3.23. The summed E-state index contributed by atoms with van der Waals surface area (Å²) in [5, 5.41) is 16.1. The highest BCUT2D eigenvalue weighted by Gasteiger charge is 2.34. The Morgan fingerprint density at radius 2 is 2.00 bits per heavy atom. The smallest absolute Gasteiger partial charge is 0.138 e. The lowest BCUT2D eigenvalue weighted by atomic mass is 9.93. The SMILES string of the molecule is Cc1ccc(Cl)c(OC[C@@]2(O)CCCN(Cc3cccc(OCCCn4cc(C)cn4)c3)C2)c1. The van der Waals surface area contributed by atoms with Crippen LogP contribution in [0.1, 0.15) is 36.0 Å². The van der Waals surface area contributed by atoms with Gasteiger partial charge in [0.2, 0.25) is 0 Å². The maximum atomic E-state index is 11.2. The lowest BCUT2D eigenvalue weighted by molar-refractivity contribution is -0.0621. The number of hydrogen-bond donors (Lipinski definition) is 1. The molecule has 4 rings (SSSR count). The molecule has 1 saturated heterocycles. The highest BCUT2D eigenvalue weighted by molar-refractivity contribution is 6.32. The molecule has 7 heteroatoms. The first-order valence-corrected chi connectivity index (χ1v) is 12.3. The third-order valence-electron chi connectivity index (χ3n) is 6.08. The zero-order chi connectivity index (χ0) is 24.0. The normalized spacial score (nSPS) is 18.7. The molecule has 0 aliphatic carbocycles. The van der Waals surface area contributed by atoms with Crippen molar-refractivity contribution in [1.29, 1.82) is 0 Å². The van der Waals surface area contributed by atoms with Gasteiger partial charge in [-0.15, -0.1) is 0 Å². The molecule has 1 atom stereocenters. The van der Waals surface area contributed by atoms with Crippen molar-refractivity contribution >= 4 is 11.6 Å². The molecule has 0 saturated carbocycles. The van der Waals surface area contributed by atoms with E-state index < -0.39 is 5.60 Å². The number of aromatic nitrogens is 2. The predicted octanol–water partition coefficient (Wildman–Crippen LogP) is 5.03. The standard InChI is InChI=1S/C27H34ClN3O3/c1-21-8-9-25(28)26(14-21)34-20-27(32)10-4-11-30(19-27)18-23-6-3-7-24(15-23)33-13-5-12-31-17-22(2)16-29-31/h3,6-9,14-17,32H,4-5,10-13,18-20H2,1-2H3/t27-/m1/s1. The average molecular weight is 484 g/mol. The summed E-state index contributed by atoms with van der Waals surface area (Å²) in [5.41, 5.74) is 2.52. The van der Waals surface area contributed by atoms with E-state index in [-0.39, 0.29) is 6.61 Å². The van der Waals surface area contributed by atoms with Crippen LogP contribution in [-0.4, -0.2) is 51.7 Å². The summed E-state index contributed by atoms with van der Waals surface area (Å²) in [6.07, 6.45) is 6.45. The van der Waals surface area contributed by atoms with Crippen molar-refractivity contribution in [1.82, 2.24) is 14.7 Å². The van der Waals surface area contributed by atoms with Crippen LogP contribution in [0.4, 0.5) is 0 Å². The molecule has 182 valence electrons. The third kappa shape index (κ3) is 6.98. The first-order valence-electron chi connectivity index (χ1n) is 11.9. The fourth-order valence-corrected chi connectivity index (χ4v) is 4.56. The van der Waals surface area contributed by atoms with Crippen LogP contribution in [0.5, 0.6) is 11.5 Å². The Bertz CT molecular complexity index is 1090. The first kappa shape index (κ1) is 24.6. The number of hydrogen-bond acceptors (Lipinski definition) is 5. The molecule has 2 aromatic carbocycles. The van der Waals surface area contributed by atoms with E-state index in [2.05, 4.69) is 22.1 Å². The number of β-amino-alcohol motifs (C(OH)–C–C–N with tert-alkyl or cyclic N) is 1. The molecule has 1 N–H and O–H groups in total. The highest BCUT2D eigenvalue weighted by atomic mass is 35.5. The summed E-state index contributed by atoms with van der Waals surface area (Å²) in [5.74, 6) is 1.50. The lowest BCUT2D eigenvalue weighted by Gasteiger charge is -2.39. The highest BCUT2D eigenvalue weighted by Crippen LogP contribution is 2.29. The monoisotopic (exact) mass is 483 g/mol. The quantitative estimate of drug-likeness (QED) is 0.410. The predicted molar refractivity (Wildman–Crippen MR) is 135 cm³/mol. The van der Waals surface area contributed by atoms with E-state index in [4.69, 9.17) is 21.1 Å². The second-order valence-corrected chi connectivity index (χ2v) is 9.80. The molecular formula is C27H34ClN3O3. The first-order chi connectivity index (χ1) is 16.4. The fourth-order valence-electron chi connectivity index (χ4n) is 4.39. The molecule has 34 heavy (non-hydrogen) atoms. The Morgan fingerprint density at radius 1 is 1.12 bits per heavy atom. The Hall–Kier alpha value is -2.54. The number of halogens is 1. The molecule has 0 bridgehead atoms. The van der Waals surface area contributed by atoms with Crippen molar-refractivity contribution in [3.63, 3.8) is 0 Å². The van der Waals surface area contributed by atoms with Crippen molar-refractivity contribution in [3.8, 4) is 11.5 Å². The van der Waals surface area contributed by atoms with E-state index in [1.54, 1.807) is 0 Å². The van der Waals surface area contributed by atoms with Crippen molar-refractivity contribution < 1.29 is 14.6 Å². The summed E-state index contributed by atoms with van der Waals surface area (Å²) in [6.45, 7) is 8.02. The number of aryl methyl sites for hydroxylation is 3. The Kier molecular flexibility index (Phi) is 8.14. The Balaban J connectivity index is 1.27. The van der Waals surface area contributed by atoms with Crippen LogP contribution in [0.2, 0.25) is 5.02 Å². The second-order valence-electron chi connectivity index (χ2n) is 9.39. The minimum atomic E-state index is -0.899. The zero-order valence-corrected chi connectivity index (χ0v) is 20.8. The van der Waals surface area contributed by atoms with Gasteiger partial charge in [-0.2, -0.15) is 5.10 Å². The molecule has 0 spiro atoms. The van der Waals surface area contributed by atoms with Crippen LogP contribution in [-0.2, 0) is 13.1 Å². The number of benzene rings is 2. The molecule has 6 nitrogen and oxygen atoms in total. The van der Waals surface area contributed by atoms with Gasteiger partial charge in [0.05, 0.1) is 17.8 Å². The van der Waals surface area contributed by atoms with E-state index in [1.807, 2.05) is 61.3 Å². The minimum absolute atomic E-state index is 0.228. The molecule has 2 heterocycles. The van der Waals surface area contributed by atoms with Gasteiger partial charge in [0.15, 0.2) is 0 Å². The van der Waals surface area contributed by atoms with Gasteiger partial charge in [0.25, 0.3) is 0 Å². The van der Waals surface area contributed by atoms with Gasteiger partial charge in [0, 0.05) is 32.3 Å². The fraction of sp³-hybridized carbons (Fsp3) is 0.444. The van der Waals surface area contributed by atoms with Gasteiger partial charge in [-0.1, -0.05) is 29.8 Å². The molecule has 1 aromatic heterocycles. The maximum absolute atomic E-state index is 11.2. The topological polar surface area (TPSA) is 59.8 Å². The second kappa shape index (κ2) is 11.3.